The highest BCUT2D eigenvalue weighted by atomic mass is 19.4. The van der Waals surface area contributed by atoms with E-state index in [-0.39, 0.29) is 69.9 Å². The summed E-state index contributed by atoms with van der Waals surface area (Å²) in [5.41, 5.74) is 25.7. The van der Waals surface area contributed by atoms with Gasteiger partial charge in [0.15, 0.2) is 0 Å². The average molecular weight is 1230 g/mol. The Hall–Kier alpha value is -6.48. The SMILES string of the molecule is C[C@@H]1C[C@H](N)C[C@@H](c2ccc(C(F)(F)F)c3ncccc23)C1.C[C@@H]1C[C@H](N)C[C@H](c2ccc(C(F)(F)F)c3ncccc23)C1.C[C@H]1C[C@@H](N)C[C@@H](c2ccc(C(F)(F)F)c3ncccc23)C1.C[C@H]1C[C@@H](N)C[C@H](c2ccc(C(F)(F)F)c3ncccc23)C1. The van der Waals surface area contributed by atoms with E-state index < -0.39 is 47.0 Å². The summed E-state index contributed by atoms with van der Waals surface area (Å²) in [5.74, 6) is 2.76. The van der Waals surface area contributed by atoms with Crippen molar-refractivity contribution in [2.45, 2.75) is 177 Å². The molecule has 4 fully saturated rings. The van der Waals surface area contributed by atoms with Crippen LogP contribution in [0, 0.1) is 23.7 Å². The van der Waals surface area contributed by atoms with Crippen LogP contribution in [0.4, 0.5) is 52.7 Å². The highest BCUT2D eigenvalue weighted by molar-refractivity contribution is 5.89. The smallest absolute Gasteiger partial charge is 0.328 e. The molecular formula is C68H76F12N8. The van der Waals surface area contributed by atoms with Crippen LogP contribution >= 0.6 is 0 Å². The zero-order valence-electron chi connectivity index (χ0n) is 49.6. The summed E-state index contributed by atoms with van der Waals surface area (Å²) < 4.78 is 158. The van der Waals surface area contributed by atoms with Crippen LogP contribution < -0.4 is 22.9 Å². The van der Waals surface area contributed by atoms with Crippen molar-refractivity contribution in [2.24, 2.45) is 46.6 Å². The molecule has 88 heavy (non-hydrogen) atoms. The van der Waals surface area contributed by atoms with Crippen molar-refractivity contribution in [3.05, 3.63) is 166 Å². The molecule has 0 spiro atoms. The molecule has 0 aliphatic heterocycles. The second kappa shape index (κ2) is 26.9. The molecule has 4 aromatic carbocycles. The van der Waals surface area contributed by atoms with E-state index in [1.807, 2.05) is 0 Å². The van der Waals surface area contributed by atoms with Gasteiger partial charge in [0, 0.05) is 70.5 Å². The molecular weight excluding hydrogens is 1160 g/mol. The second-order valence-corrected chi connectivity index (χ2v) is 25.5. The zero-order valence-corrected chi connectivity index (χ0v) is 49.6. The number of alkyl halides is 12. The van der Waals surface area contributed by atoms with Crippen molar-refractivity contribution >= 4 is 43.6 Å². The van der Waals surface area contributed by atoms with Gasteiger partial charge in [-0.1, -0.05) is 76.2 Å². The van der Waals surface area contributed by atoms with E-state index in [1.54, 1.807) is 72.8 Å². The molecule has 12 atom stereocenters. The Morgan fingerprint density at radius 2 is 0.477 bits per heavy atom. The standard InChI is InChI=1S/4C17H19F3N2/c4*1-10-7-11(9-12(21)8-10)13-4-5-15(17(18,19)20)16-14(13)3-2-6-22-16/h4*2-6,10-12H,7-9,21H2,1H3/t2*10-,11+,12-;2*10-,11-,12-/m1010/s1. The highest BCUT2D eigenvalue weighted by Gasteiger charge is 2.39. The van der Waals surface area contributed by atoms with E-state index in [1.165, 1.54) is 24.8 Å². The first kappa shape index (κ1) is 66.0. The number of nitrogens with zero attached hydrogens (tertiary/aromatic N) is 4. The summed E-state index contributed by atoms with van der Waals surface area (Å²) in [6.07, 6.45) is -0.857. The predicted molar refractivity (Wildman–Crippen MR) is 322 cm³/mol. The second-order valence-electron chi connectivity index (χ2n) is 25.5. The number of rotatable bonds is 4. The summed E-state index contributed by atoms with van der Waals surface area (Å²) in [5, 5.41) is 2.40. The lowest BCUT2D eigenvalue weighted by atomic mass is 9.75. The largest absolute Gasteiger partial charge is 0.418 e. The summed E-state index contributed by atoms with van der Waals surface area (Å²) in [6, 6.07) is 25.3. The molecule has 4 heterocycles. The van der Waals surface area contributed by atoms with E-state index in [0.29, 0.717) is 45.2 Å². The lowest BCUT2D eigenvalue weighted by Crippen LogP contribution is -2.31. The molecule has 0 bridgehead atoms. The van der Waals surface area contributed by atoms with Gasteiger partial charge >= 0.3 is 24.7 Å². The van der Waals surface area contributed by atoms with Gasteiger partial charge < -0.3 is 22.9 Å². The number of nitrogens with two attached hydrogens (primary N) is 4. The Bertz CT molecular complexity index is 3160. The summed E-state index contributed by atoms with van der Waals surface area (Å²) >= 11 is 0. The molecule has 0 unspecified atom stereocenters. The third-order valence-electron chi connectivity index (χ3n) is 18.1. The van der Waals surface area contributed by atoms with E-state index in [0.717, 1.165) is 124 Å². The number of pyridine rings is 4. The van der Waals surface area contributed by atoms with Gasteiger partial charge in [-0.25, -0.2) is 0 Å². The number of halogens is 12. The number of hydrogen-bond acceptors (Lipinski definition) is 8. The van der Waals surface area contributed by atoms with Crippen LogP contribution in [0.25, 0.3) is 43.6 Å². The Balaban J connectivity index is 0.000000140. The Morgan fingerprint density at radius 1 is 0.284 bits per heavy atom. The lowest BCUT2D eigenvalue weighted by Gasteiger charge is -2.32. The van der Waals surface area contributed by atoms with Gasteiger partial charge in [-0.3, -0.25) is 19.9 Å². The Morgan fingerprint density at radius 3 is 0.648 bits per heavy atom. The molecule has 8 nitrogen and oxygen atoms in total. The van der Waals surface area contributed by atoms with Crippen molar-refractivity contribution in [2.75, 3.05) is 0 Å². The van der Waals surface area contributed by atoms with Gasteiger partial charge in [-0.2, -0.15) is 52.7 Å². The maximum absolute atomic E-state index is 13.2. The Labute approximate surface area is 504 Å². The molecule has 12 rings (SSSR count). The van der Waals surface area contributed by atoms with Crippen LogP contribution in [-0.4, -0.2) is 44.1 Å². The molecule has 0 saturated heterocycles. The van der Waals surface area contributed by atoms with E-state index in [2.05, 4.69) is 47.6 Å². The summed E-state index contributed by atoms with van der Waals surface area (Å²) in [7, 11) is 0. The van der Waals surface area contributed by atoms with Crippen LogP contribution in [0.15, 0.2) is 122 Å². The molecule has 0 radical (unpaired) electrons. The van der Waals surface area contributed by atoms with Crippen molar-refractivity contribution in [1.82, 2.24) is 19.9 Å². The molecule has 4 aliphatic rings. The minimum absolute atomic E-state index is 0.0410. The van der Waals surface area contributed by atoms with Gasteiger partial charge in [0.1, 0.15) is 0 Å². The van der Waals surface area contributed by atoms with Gasteiger partial charge in [-0.15, -0.1) is 0 Å². The van der Waals surface area contributed by atoms with Crippen molar-refractivity contribution in [3.8, 4) is 0 Å². The van der Waals surface area contributed by atoms with Gasteiger partial charge in [0.2, 0.25) is 0 Å². The van der Waals surface area contributed by atoms with Crippen molar-refractivity contribution in [3.63, 3.8) is 0 Å². The number of fused-ring (bicyclic) bond motifs is 4. The summed E-state index contributed by atoms with van der Waals surface area (Å²) in [6.45, 7) is 8.60. The van der Waals surface area contributed by atoms with Gasteiger partial charge in [0.05, 0.1) is 44.3 Å². The first-order valence-corrected chi connectivity index (χ1v) is 30.3. The minimum atomic E-state index is -4.39. The molecule has 20 heteroatoms. The van der Waals surface area contributed by atoms with Crippen LogP contribution in [-0.2, 0) is 24.7 Å². The van der Waals surface area contributed by atoms with Crippen LogP contribution in [0.3, 0.4) is 0 Å². The number of hydrogen-bond donors (Lipinski definition) is 4. The first-order chi connectivity index (χ1) is 41.4. The van der Waals surface area contributed by atoms with Crippen molar-refractivity contribution < 1.29 is 52.7 Å². The topological polar surface area (TPSA) is 156 Å². The molecule has 8 aromatic rings. The molecule has 4 aromatic heterocycles. The van der Waals surface area contributed by atoms with E-state index in [4.69, 9.17) is 22.9 Å². The fraction of sp³-hybridized carbons (Fsp3) is 0.471. The normalized spacial score (nSPS) is 26.3. The maximum atomic E-state index is 13.2. The highest BCUT2D eigenvalue weighted by Crippen LogP contribution is 2.47. The Kier molecular flexibility index (Phi) is 20.2. The first-order valence-electron chi connectivity index (χ1n) is 30.3. The lowest BCUT2D eigenvalue weighted by molar-refractivity contribution is -0.137. The third kappa shape index (κ3) is 15.6. The average Bonchev–Trinajstić information content (AvgIpc) is 0.916. The molecule has 4 saturated carbocycles. The van der Waals surface area contributed by atoms with Crippen LogP contribution in [0.2, 0.25) is 0 Å². The van der Waals surface area contributed by atoms with Gasteiger partial charge in [0.25, 0.3) is 0 Å². The van der Waals surface area contributed by atoms with Crippen LogP contribution in [0.5, 0.6) is 0 Å². The number of aromatic nitrogens is 4. The maximum Gasteiger partial charge on any atom is 0.418 e. The summed E-state index contributed by atoms with van der Waals surface area (Å²) in [4.78, 5) is 16.0. The predicted octanol–water partition coefficient (Wildman–Crippen LogP) is 17.9. The quantitative estimate of drug-likeness (QED) is 0.127. The van der Waals surface area contributed by atoms with E-state index in [9.17, 15) is 52.7 Å². The molecule has 8 N–H and O–H groups in total. The fourth-order valence-electron chi connectivity index (χ4n) is 14.8. The van der Waals surface area contributed by atoms with E-state index >= 15 is 0 Å². The third-order valence-corrected chi connectivity index (χ3v) is 18.1. The minimum Gasteiger partial charge on any atom is -0.328 e. The van der Waals surface area contributed by atoms with Crippen LogP contribution in [0.1, 0.15) is 173 Å². The molecule has 472 valence electrons. The fourth-order valence-corrected chi connectivity index (χ4v) is 14.8. The molecule has 0 amide bonds. The van der Waals surface area contributed by atoms with Gasteiger partial charge in [-0.05, 0) is 195 Å². The monoisotopic (exact) mass is 1230 g/mol. The molecule has 4 aliphatic carbocycles. The zero-order chi connectivity index (χ0) is 63.6. The van der Waals surface area contributed by atoms with Crippen molar-refractivity contribution in [1.29, 1.82) is 0 Å². The number of benzene rings is 4.